The third kappa shape index (κ3) is 5.58. The van der Waals surface area contributed by atoms with E-state index in [2.05, 4.69) is 72.2 Å². The molecule has 5 nitrogen and oxygen atoms in total. The second kappa shape index (κ2) is 12.4. The lowest BCUT2D eigenvalue weighted by atomic mass is 9.40. The largest absolute Gasteiger partial charge is 0.393 e. The summed E-state index contributed by atoms with van der Waals surface area (Å²) in [6.45, 7) is 25.3. The highest BCUT2D eigenvalue weighted by molar-refractivity contribution is 5.85. The molecule has 6 aliphatic rings. The Bertz CT molecular complexity index is 1220. The number of carbonyl (C=O) groups excluding carboxylic acids is 2. The lowest BCUT2D eigenvalue weighted by Crippen LogP contribution is -2.64. The Morgan fingerprint density at radius 1 is 0.766 bits per heavy atom. The minimum atomic E-state index is -0.350. The lowest BCUT2D eigenvalue weighted by Gasteiger charge is -2.65. The van der Waals surface area contributed by atoms with Crippen LogP contribution in [0.5, 0.6) is 0 Å². The Morgan fingerprint density at radius 3 is 2.09 bits per heavy atom. The Kier molecular flexibility index (Phi) is 9.39. The third-order valence-electron chi connectivity index (χ3n) is 17.0. The number of allylic oxidation sites excluding steroid dienone is 1. The SMILES string of the molecule is C=C(C)C1CCC2(C(=O)NC3CC(C(=O)N4CCCCC4)C3(C)C)CCC(C)C3(C)CCC4C(C)(C)C(O)CCC4(C)C3CCCC12. The van der Waals surface area contributed by atoms with Gasteiger partial charge < -0.3 is 15.3 Å². The van der Waals surface area contributed by atoms with Gasteiger partial charge >= 0.3 is 0 Å². The van der Waals surface area contributed by atoms with Crippen molar-refractivity contribution in [1.82, 2.24) is 10.2 Å². The molecule has 47 heavy (non-hydrogen) atoms. The maximum Gasteiger partial charge on any atom is 0.226 e. The van der Waals surface area contributed by atoms with Gasteiger partial charge in [0.15, 0.2) is 0 Å². The Balaban J connectivity index is 1.24. The molecule has 5 heteroatoms. The highest BCUT2D eigenvalue weighted by Crippen LogP contribution is 2.68. The van der Waals surface area contributed by atoms with Crippen LogP contribution < -0.4 is 5.32 Å². The van der Waals surface area contributed by atoms with Crippen molar-refractivity contribution in [3.05, 3.63) is 12.2 Å². The van der Waals surface area contributed by atoms with Crippen LogP contribution in [0.2, 0.25) is 0 Å². The van der Waals surface area contributed by atoms with E-state index in [1.54, 1.807) is 0 Å². The van der Waals surface area contributed by atoms with Gasteiger partial charge in [-0.2, -0.15) is 0 Å². The Labute approximate surface area is 287 Å². The molecule has 0 bridgehead atoms. The number of carbonyl (C=O) groups is 2. The van der Waals surface area contributed by atoms with E-state index in [0.717, 1.165) is 77.3 Å². The van der Waals surface area contributed by atoms with Crippen molar-refractivity contribution in [3.63, 3.8) is 0 Å². The average molecular weight is 651 g/mol. The van der Waals surface area contributed by atoms with Crippen LogP contribution in [0.15, 0.2) is 12.2 Å². The van der Waals surface area contributed by atoms with E-state index < -0.39 is 0 Å². The van der Waals surface area contributed by atoms with Crippen LogP contribution in [0.25, 0.3) is 0 Å². The van der Waals surface area contributed by atoms with Crippen molar-refractivity contribution >= 4 is 11.8 Å². The second-order valence-corrected chi connectivity index (χ2v) is 19.7. The maximum absolute atomic E-state index is 14.9. The van der Waals surface area contributed by atoms with Crippen LogP contribution in [0, 0.1) is 62.6 Å². The van der Waals surface area contributed by atoms with Crippen LogP contribution in [0.4, 0.5) is 0 Å². The summed E-state index contributed by atoms with van der Waals surface area (Å²) < 4.78 is 0. The van der Waals surface area contributed by atoms with Gasteiger partial charge in [0.2, 0.25) is 11.8 Å². The number of aliphatic hydroxyl groups is 1. The molecular weight excluding hydrogens is 580 g/mol. The Hall–Kier alpha value is -1.36. The molecule has 0 aromatic rings. The van der Waals surface area contributed by atoms with Gasteiger partial charge in [-0.25, -0.2) is 0 Å². The number of aliphatic hydroxyl groups excluding tert-OH is 1. The number of nitrogens with one attached hydrogen (secondary N) is 1. The summed E-state index contributed by atoms with van der Waals surface area (Å²) in [5.74, 6) is 3.09. The molecule has 0 aromatic heterocycles. The first-order valence-electron chi connectivity index (χ1n) is 19.9. The number of piperidine rings is 1. The van der Waals surface area contributed by atoms with Crippen LogP contribution in [-0.2, 0) is 9.59 Å². The van der Waals surface area contributed by atoms with E-state index >= 15 is 0 Å². The number of nitrogens with zero attached hydrogens (tertiary/aromatic N) is 1. The molecule has 6 fully saturated rings. The van der Waals surface area contributed by atoms with E-state index in [-0.39, 0.29) is 51.0 Å². The smallest absolute Gasteiger partial charge is 0.226 e. The van der Waals surface area contributed by atoms with Crippen molar-refractivity contribution in [2.24, 2.45) is 62.6 Å². The van der Waals surface area contributed by atoms with Crippen molar-refractivity contribution in [2.75, 3.05) is 13.1 Å². The van der Waals surface area contributed by atoms with E-state index in [4.69, 9.17) is 0 Å². The van der Waals surface area contributed by atoms with E-state index in [0.29, 0.717) is 35.5 Å². The van der Waals surface area contributed by atoms with Crippen LogP contribution >= 0.6 is 0 Å². The Morgan fingerprint density at radius 2 is 1.43 bits per heavy atom. The monoisotopic (exact) mass is 651 g/mol. The molecule has 11 unspecified atom stereocenters. The molecule has 0 spiro atoms. The molecule has 1 aliphatic heterocycles. The zero-order valence-electron chi connectivity index (χ0n) is 31.6. The molecular formula is C42H70N2O3. The van der Waals surface area contributed by atoms with Gasteiger partial charge in [-0.1, -0.05) is 67.0 Å². The minimum Gasteiger partial charge on any atom is -0.393 e. The highest BCUT2D eigenvalue weighted by Gasteiger charge is 2.63. The topological polar surface area (TPSA) is 69.6 Å². The third-order valence-corrected chi connectivity index (χ3v) is 17.0. The number of hydrogen-bond donors (Lipinski definition) is 2. The van der Waals surface area contributed by atoms with Gasteiger partial charge in [-0.3, -0.25) is 9.59 Å². The summed E-state index contributed by atoms with van der Waals surface area (Å²) in [5.41, 5.74) is 1.14. The van der Waals surface area contributed by atoms with Crippen molar-refractivity contribution in [3.8, 4) is 0 Å². The number of fused-ring (bicyclic) bond motifs is 4. The maximum atomic E-state index is 14.9. The van der Waals surface area contributed by atoms with Crippen molar-refractivity contribution in [1.29, 1.82) is 0 Å². The first-order chi connectivity index (χ1) is 22.0. The van der Waals surface area contributed by atoms with Gasteiger partial charge in [0, 0.05) is 25.0 Å². The standard InChI is InChI=1S/C42H70N2O3/c1-27(2)29-17-23-42(37(47)43-34-26-31(38(34,4)5)36(46)44-24-11-10-12-25-44)22-16-28(3)40(8)20-18-32-39(6,7)35(45)19-21-41(32,9)33(40)15-13-14-30(29)42/h28-35,45H,1,10-26H2,2-9H3,(H,43,47). The first kappa shape index (κ1) is 35.5. The number of rotatable bonds is 4. The minimum absolute atomic E-state index is 0.00858. The molecule has 2 amide bonds. The van der Waals surface area contributed by atoms with E-state index in [1.807, 2.05) is 0 Å². The second-order valence-electron chi connectivity index (χ2n) is 19.7. The molecule has 6 rings (SSSR count). The summed E-state index contributed by atoms with van der Waals surface area (Å²) in [5, 5.41) is 14.7. The predicted molar refractivity (Wildman–Crippen MR) is 191 cm³/mol. The lowest BCUT2D eigenvalue weighted by molar-refractivity contribution is -0.185. The molecule has 5 saturated carbocycles. The summed E-state index contributed by atoms with van der Waals surface area (Å²) in [7, 11) is 0. The van der Waals surface area contributed by atoms with Gasteiger partial charge in [-0.05, 0) is 148 Å². The summed E-state index contributed by atoms with van der Waals surface area (Å²) >= 11 is 0. The van der Waals surface area contributed by atoms with Crippen LogP contribution in [-0.4, -0.2) is 47.1 Å². The van der Waals surface area contributed by atoms with E-state index in [1.165, 1.54) is 37.7 Å². The van der Waals surface area contributed by atoms with Crippen molar-refractivity contribution < 1.29 is 14.7 Å². The van der Waals surface area contributed by atoms with Gasteiger partial charge in [0.25, 0.3) is 0 Å². The number of likely N-dealkylation sites (tertiary alicyclic amines) is 1. The molecule has 0 radical (unpaired) electrons. The van der Waals surface area contributed by atoms with Crippen molar-refractivity contribution in [2.45, 2.75) is 164 Å². The zero-order valence-corrected chi connectivity index (χ0v) is 31.6. The number of hydrogen-bond acceptors (Lipinski definition) is 3. The van der Waals surface area contributed by atoms with Gasteiger partial charge in [-0.15, -0.1) is 0 Å². The molecule has 266 valence electrons. The average Bonchev–Trinajstić information content (AvgIpc) is 3.40. The molecule has 0 aromatic carbocycles. The van der Waals surface area contributed by atoms with E-state index in [9.17, 15) is 14.7 Å². The van der Waals surface area contributed by atoms with Gasteiger partial charge in [0.1, 0.15) is 0 Å². The molecule has 1 saturated heterocycles. The number of amides is 2. The summed E-state index contributed by atoms with van der Waals surface area (Å²) in [6, 6.07) is 0.0580. The summed E-state index contributed by atoms with van der Waals surface area (Å²) in [6.07, 6.45) is 16.1. The fourth-order valence-corrected chi connectivity index (χ4v) is 13.4. The van der Waals surface area contributed by atoms with Crippen LogP contribution in [0.1, 0.15) is 152 Å². The predicted octanol–water partition coefficient (Wildman–Crippen LogP) is 8.94. The fourth-order valence-electron chi connectivity index (χ4n) is 13.4. The zero-order chi connectivity index (χ0) is 34.2. The quantitative estimate of drug-likeness (QED) is 0.299. The van der Waals surface area contributed by atoms with Gasteiger partial charge in [0.05, 0.1) is 11.5 Å². The van der Waals surface area contributed by atoms with Crippen LogP contribution in [0.3, 0.4) is 0 Å². The molecule has 5 aliphatic carbocycles. The highest BCUT2D eigenvalue weighted by atomic mass is 16.3. The molecule has 2 N–H and O–H groups in total. The first-order valence-corrected chi connectivity index (χ1v) is 19.9. The molecule has 1 heterocycles. The normalized spacial score (nSPS) is 46.2. The fraction of sp³-hybridized carbons (Fsp3) is 0.905. The summed E-state index contributed by atoms with van der Waals surface area (Å²) in [4.78, 5) is 30.5. The molecule has 11 atom stereocenters.